The summed E-state index contributed by atoms with van der Waals surface area (Å²) in [5.41, 5.74) is 1.20. The van der Waals surface area contributed by atoms with Crippen molar-refractivity contribution in [2.75, 3.05) is 19.7 Å². The fourth-order valence-electron chi connectivity index (χ4n) is 7.39. The van der Waals surface area contributed by atoms with Gasteiger partial charge in [0.1, 0.15) is 0 Å². The minimum atomic E-state index is -0.421. The molecular weight excluding hydrogens is 400 g/mol. The first-order chi connectivity index (χ1) is 15.7. The Morgan fingerprint density at radius 2 is 1.97 bits per heavy atom. The summed E-state index contributed by atoms with van der Waals surface area (Å²) < 4.78 is 5.93. The molecule has 0 unspecified atom stereocenters. The Hall–Kier alpha value is -2.14. The van der Waals surface area contributed by atoms with E-state index in [0.29, 0.717) is 29.9 Å². The van der Waals surface area contributed by atoms with Crippen molar-refractivity contribution in [3.8, 4) is 0 Å². The first-order valence-corrected chi connectivity index (χ1v) is 12.6. The van der Waals surface area contributed by atoms with Crippen molar-refractivity contribution in [1.29, 1.82) is 0 Å². The van der Waals surface area contributed by atoms with Gasteiger partial charge in [-0.3, -0.25) is 9.59 Å². The number of carbonyl (C=O) groups is 2. The molecule has 2 bridgehead atoms. The maximum atomic E-state index is 13.9. The van der Waals surface area contributed by atoms with E-state index in [-0.39, 0.29) is 23.8 Å². The van der Waals surface area contributed by atoms with E-state index in [1.54, 1.807) is 0 Å². The average molecular weight is 435 g/mol. The van der Waals surface area contributed by atoms with E-state index < -0.39 is 5.54 Å². The van der Waals surface area contributed by atoms with Crippen LogP contribution in [-0.4, -0.2) is 48.1 Å². The molecule has 2 saturated carbocycles. The Kier molecular flexibility index (Phi) is 5.13. The van der Waals surface area contributed by atoms with Crippen molar-refractivity contribution >= 4 is 11.8 Å². The molecule has 0 aromatic heterocycles. The van der Waals surface area contributed by atoms with Crippen molar-refractivity contribution < 1.29 is 14.3 Å². The van der Waals surface area contributed by atoms with Gasteiger partial charge in [-0.25, -0.2) is 0 Å². The number of fused-ring (bicyclic) bond motifs is 3. The molecule has 5 atom stereocenters. The van der Waals surface area contributed by atoms with Gasteiger partial charge in [0.05, 0.1) is 17.6 Å². The van der Waals surface area contributed by atoms with E-state index in [4.69, 9.17) is 4.74 Å². The molecular formula is C27H34N2O3. The molecule has 1 aromatic carbocycles. The zero-order valence-corrected chi connectivity index (χ0v) is 18.8. The highest BCUT2D eigenvalue weighted by molar-refractivity contribution is 6.02. The Morgan fingerprint density at radius 3 is 2.69 bits per heavy atom. The lowest BCUT2D eigenvalue weighted by Crippen LogP contribution is -2.62. The Labute approximate surface area is 190 Å². The fourth-order valence-corrected chi connectivity index (χ4v) is 7.39. The van der Waals surface area contributed by atoms with Crippen LogP contribution in [0.3, 0.4) is 0 Å². The maximum absolute atomic E-state index is 13.9. The largest absolute Gasteiger partial charge is 0.376 e. The smallest absolute Gasteiger partial charge is 0.254 e. The molecule has 1 saturated heterocycles. The predicted molar refractivity (Wildman–Crippen MR) is 122 cm³/mol. The molecule has 32 heavy (non-hydrogen) atoms. The number of ether oxygens (including phenoxy) is 1. The zero-order valence-electron chi connectivity index (χ0n) is 18.8. The number of nitrogens with zero attached hydrogens (tertiary/aromatic N) is 1. The Morgan fingerprint density at radius 1 is 1.12 bits per heavy atom. The quantitative estimate of drug-likeness (QED) is 0.712. The summed E-state index contributed by atoms with van der Waals surface area (Å²) in [4.78, 5) is 29.7. The number of hydrogen-bond donors (Lipinski definition) is 1. The zero-order chi connectivity index (χ0) is 21.7. The van der Waals surface area contributed by atoms with Crippen molar-refractivity contribution in [2.24, 2.45) is 17.8 Å². The van der Waals surface area contributed by atoms with Crippen LogP contribution in [0.15, 0.2) is 36.4 Å². The third-order valence-electron chi connectivity index (χ3n) is 8.92. The molecule has 5 heteroatoms. The number of hydrogen-bond acceptors (Lipinski definition) is 3. The average Bonchev–Trinajstić information content (AvgIpc) is 3.61. The number of rotatable bonds is 5. The molecule has 6 rings (SSSR count). The first kappa shape index (κ1) is 20.5. The highest BCUT2D eigenvalue weighted by atomic mass is 16.5. The minimum absolute atomic E-state index is 0.0836. The van der Waals surface area contributed by atoms with E-state index >= 15 is 0 Å². The molecule has 5 aliphatic rings. The van der Waals surface area contributed by atoms with Gasteiger partial charge in [-0.05, 0) is 67.9 Å². The van der Waals surface area contributed by atoms with E-state index in [2.05, 4.69) is 22.4 Å². The van der Waals surface area contributed by atoms with Crippen LogP contribution in [0.2, 0.25) is 0 Å². The van der Waals surface area contributed by atoms with Gasteiger partial charge in [-0.15, -0.1) is 0 Å². The van der Waals surface area contributed by atoms with Gasteiger partial charge in [0.15, 0.2) is 0 Å². The molecule has 3 fully saturated rings. The molecule has 0 radical (unpaired) electrons. The first-order valence-electron chi connectivity index (χ1n) is 12.6. The highest BCUT2D eigenvalue weighted by Crippen LogP contribution is 2.51. The number of allylic oxidation sites excluding steroid dienone is 2. The van der Waals surface area contributed by atoms with Crippen LogP contribution < -0.4 is 5.32 Å². The van der Waals surface area contributed by atoms with Crippen LogP contribution in [-0.2, 0) is 9.53 Å². The van der Waals surface area contributed by atoms with E-state index in [1.165, 1.54) is 12.8 Å². The van der Waals surface area contributed by atoms with Gasteiger partial charge in [-0.2, -0.15) is 0 Å². The summed E-state index contributed by atoms with van der Waals surface area (Å²) in [5, 5.41) is 3.36. The van der Waals surface area contributed by atoms with Gasteiger partial charge >= 0.3 is 0 Å². The summed E-state index contributed by atoms with van der Waals surface area (Å²) in [6.45, 7) is 2.13. The second-order valence-electron chi connectivity index (χ2n) is 10.7. The predicted octanol–water partition coefficient (Wildman–Crippen LogP) is 4.05. The van der Waals surface area contributed by atoms with Gasteiger partial charge in [0, 0.05) is 25.3 Å². The van der Waals surface area contributed by atoms with Crippen LogP contribution in [0, 0.1) is 17.8 Å². The Bertz CT molecular complexity index is 929. The van der Waals surface area contributed by atoms with E-state index in [9.17, 15) is 9.59 Å². The Balaban J connectivity index is 1.32. The summed E-state index contributed by atoms with van der Waals surface area (Å²) in [5.74, 6) is 1.78. The van der Waals surface area contributed by atoms with Crippen molar-refractivity contribution in [3.63, 3.8) is 0 Å². The molecule has 2 amide bonds. The summed E-state index contributed by atoms with van der Waals surface area (Å²) in [6, 6.07) is 7.82. The van der Waals surface area contributed by atoms with Crippen molar-refractivity contribution in [2.45, 2.75) is 68.9 Å². The highest BCUT2D eigenvalue weighted by Gasteiger charge is 2.56. The number of nitrogens with one attached hydrogen (secondary N) is 1. The van der Waals surface area contributed by atoms with Crippen LogP contribution in [0.4, 0.5) is 0 Å². The van der Waals surface area contributed by atoms with Crippen LogP contribution in [0.25, 0.3) is 0 Å². The molecule has 170 valence electrons. The van der Waals surface area contributed by atoms with Gasteiger partial charge in [0.25, 0.3) is 5.91 Å². The topological polar surface area (TPSA) is 58.6 Å². The third-order valence-corrected chi connectivity index (χ3v) is 8.92. The normalized spacial score (nSPS) is 34.4. The van der Waals surface area contributed by atoms with Crippen LogP contribution in [0.1, 0.15) is 73.2 Å². The summed E-state index contributed by atoms with van der Waals surface area (Å²) in [6.07, 6.45) is 13.2. The van der Waals surface area contributed by atoms with Gasteiger partial charge < -0.3 is 15.0 Å². The summed E-state index contributed by atoms with van der Waals surface area (Å²) in [7, 11) is 0. The monoisotopic (exact) mass is 434 g/mol. The maximum Gasteiger partial charge on any atom is 0.254 e. The van der Waals surface area contributed by atoms with E-state index in [0.717, 1.165) is 57.2 Å². The molecule has 2 aliphatic heterocycles. The van der Waals surface area contributed by atoms with E-state index in [1.807, 2.05) is 24.3 Å². The molecule has 3 aliphatic carbocycles. The second-order valence-corrected chi connectivity index (χ2v) is 10.7. The molecule has 1 N–H and O–H groups in total. The fraction of sp³-hybridized carbons (Fsp3) is 0.630. The lowest BCUT2D eigenvalue weighted by Gasteiger charge is -2.50. The standard InChI is InChI=1S/C27H34N2O3/c30-25(28-16-20-15-18-9-10-19(20)14-18)24-22-7-1-2-8-23(22)26(31)29(17-21-6-5-13-32-21)27(24)11-3-4-12-27/h1-2,7-10,18-21,24H,3-6,11-17H2,(H,28,30)/t18-,19-,20-,21-,24-/m0/s1. The molecule has 1 spiro atoms. The SMILES string of the molecule is O=C(NC[C@@H]1C[C@H]2C=C[C@H]1C2)[C@@H]1c2ccccc2C(=O)N(C[C@@H]2CCCO2)C12CCCC2. The van der Waals surface area contributed by atoms with Crippen LogP contribution >= 0.6 is 0 Å². The van der Waals surface area contributed by atoms with Gasteiger partial charge in [0.2, 0.25) is 5.91 Å². The number of benzene rings is 1. The molecule has 1 aromatic rings. The second kappa shape index (κ2) is 8.02. The molecule has 2 heterocycles. The lowest BCUT2D eigenvalue weighted by molar-refractivity contribution is -0.127. The van der Waals surface area contributed by atoms with Crippen LogP contribution in [0.5, 0.6) is 0 Å². The van der Waals surface area contributed by atoms with Gasteiger partial charge in [-0.1, -0.05) is 43.2 Å². The van der Waals surface area contributed by atoms with Crippen molar-refractivity contribution in [3.05, 3.63) is 47.5 Å². The van der Waals surface area contributed by atoms with Crippen molar-refractivity contribution in [1.82, 2.24) is 10.2 Å². The summed E-state index contributed by atoms with van der Waals surface area (Å²) >= 11 is 0. The third kappa shape index (κ3) is 3.23. The number of amides is 2. The number of carbonyl (C=O) groups excluding carboxylic acids is 2. The lowest BCUT2D eigenvalue weighted by atomic mass is 9.70. The minimum Gasteiger partial charge on any atom is -0.376 e. The molecule has 5 nitrogen and oxygen atoms in total.